The molecule has 1 saturated heterocycles. The summed E-state index contributed by atoms with van der Waals surface area (Å²) in [5.74, 6) is -3.44. The molecule has 7 nitrogen and oxygen atoms in total. The number of likely N-dealkylation sites (tertiary alicyclic amines) is 1. The number of amides is 1. The molecular formula is C23H35F2N5O2. The third kappa shape index (κ3) is 9.13. The molecule has 32 heavy (non-hydrogen) atoms. The molecule has 1 unspecified atom stereocenters. The standard InChI is InChI=1S/C19H22F2N4O2.C3H8.CH5N/c1-14-2-4-15(5-3-14)12-27-18(26)25-9-6-16(19(20,21)13-25)10-24-17-11-22-7-8-23-17;1-3-2;1-2/h2-5,7-8,11,16H,6,9-10,12-13H2,1H3,(H,23,24);3H2,1-2H3;2H2,1H3. The fourth-order valence-corrected chi connectivity index (χ4v) is 2.93. The number of piperidine rings is 1. The number of rotatable bonds is 5. The number of alkyl halides is 2. The van der Waals surface area contributed by atoms with Crippen LogP contribution in [0.5, 0.6) is 0 Å². The third-order valence-corrected chi connectivity index (χ3v) is 4.58. The maximum Gasteiger partial charge on any atom is 0.410 e. The van der Waals surface area contributed by atoms with Crippen molar-refractivity contribution in [3.63, 3.8) is 0 Å². The molecule has 0 radical (unpaired) electrons. The molecule has 1 aliphatic rings. The van der Waals surface area contributed by atoms with Crippen LogP contribution in [0.4, 0.5) is 19.4 Å². The molecule has 3 rings (SSSR count). The van der Waals surface area contributed by atoms with Gasteiger partial charge >= 0.3 is 6.09 Å². The minimum Gasteiger partial charge on any atom is -0.445 e. The Balaban J connectivity index is 0.000000944. The Morgan fingerprint density at radius 2 is 1.91 bits per heavy atom. The number of carbonyl (C=O) groups excluding carboxylic acids is 1. The number of nitrogens with zero attached hydrogens (tertiary/aromatic N) is 3. The lowest BCUT2D eigenvalue weighted by Crippen LogP contribution is -2.52. The van der Waals surface area contributed by atoms with E-state index in [1.807, 2.05) is 31.2 Å². The molecule has 9 heteroatoms. The zero-order valence-corrected chi connectivity index (χ0v) is 19.4. The monoisotopic (exact) mass is 451 g/mol. The van der Waals surface area contributed by atoms with Crippen molar-refractivity contribution in [2.75, 3.05) is 32.0 Å². The van der Waals surface area contributed by atoms with E-state index in [9.17, 15) is 13.6 Å². The first-order chi connectivity index (χ1) is 15.4. The van der Waals surface area contributed by atoms with Crippen LogP contribution < -0.4 is 11.1 Å². The van der Waals surface area contributed by atoms with E-state index in [1.54, 1.807) is 0 Å². The highest BCUT2D eigenvalue weighted by Gasteiger charge is 2.46. The van der Waals surface area contributed by atoms with Crippen LogP contribution in [0, 0.1) is 12.8 Å². The lowest BCUT2D eigenvalue weighted by Gasteiger charge is -2.37. The number of carbonyl (C=O) groups is 1. The summed E-state index contributed by atoms with van der Waals surface area (Å²) in [7, 11) is 1.50. The molecule has 0 bridgehead atoms. The summed E-state index contributed by atoms with van der Waals surface area (Å²) >= 11 is 0. The molecule has 1 atom stereocenters. The fraction of sp³-hybridized carbons (Fsp3) is 0.522. The second-order valence-corrected chi connectivity index (χ2v) is 7.39. The topological polar surface area (TPSA) is 93.4 Å². The zero-order chi connectivity index (χ0) is 24.0. The quantitative estimate of drug-likeness (QED) is 0.696. The Morgan fingerprint density at radius 3 is 2.47 bits per heavy atom. The van der Waals surface area contributed by atoms with Gasteiger partial charge in [0.05, 0.1) is 12.7 Å². The van der Waals surface area contributed by atoms with Crippen LogP contribution >= 0.6 is 0 Å². The number of aryl methyl sites for hydroxylation is 1. The second-order valence-electron chi connectivity index (χ2n) is 7.39. The van der Waals surface area contributed by atoms with Crippen molar-refractivity contribution in [2.24, 2.45) is 11.7 Å². The Hall–Kier alpha value is -2.81. The molecule has 1 fully saturated rings. The van der Waals surface area contributed by atoms with Crippen molar-refractivity contribution in [1.29, 1.82) is 0 Å². The van der Waals surface area contributed by atoms with Crippen molar-refractivity contribution < 1.29 is 18.3 Å². The first-order valence-corrected chi connectivity index (χ1v) is 10.8. The van der Waals surface area contributed by atoms with Crippen LogP contribution in [0.25, 0.3) is 0 Å². The van der Waals surface area contributed by atoms with E-state index in [-0.39, 0.29) is 26.1 Å². The van der Waals surface area contributed by atoms with E-state index in [4.69, 9.17) is 4.74 Å². The number of aromatic nitrogens is 2. The molecule has 0 saturated carbocycles. The van der Waals surface area contributed by atoms with Gasteiger partial charge in [-0.05, 0) is 26.0 Å². The van der Waals surface area contributed by atoms with Crippen LogP contribution in [-0.4, -0.2) is 53.6 Å². The maximum atomic E-state index is 14.5. The van der Waals surface area contributed by atoms with Gasteiger partial charge in [-0.1, -0.05) is 50.1 Å². The lowest BCUT2D eigenvalue weighted by atomic mass is 9.93. The number of halogens is 2. The van der Waals surface area contributed by atoms with Gasteiger partial charge < -0.3 is 20.7 Å². The van der Waals surface area contributed by atoms with Gasteiger partial charge in [0.2, 0.25) is 0 Å². The molecule has 3 N–H and O–H groups in total. The van der Waals surface area contributed by atoms with Crippen LogP contribution in [0.15, 0.2) is 42.9 Å². The van der Waals surface area contributed by atoms with Crippen molar-refractivity contribution >= 4 is 11.9 Å². The summed E-state index contributed by atoms with van der Waals surface area (Å²) in [5.41, 5.74) is 6.42. The lowest BCUT2D eigenvalue weighted by molar-refractivity contribution is -0.101. The number of nitrogens with one attached hydrogen (secondary N) is 1. The number of anilines is 1. The molecular weight excluding hydrogens is 416 g/mol. The van der Waals surface area contributed by atoms with Gasteiger partial charge in [-0.3, -0.25) is 4.98 Å². The van der Waals surface area contributed by atoms with Crippen molar-refractivity contribution in [2.45, 2.75) is 46.1 Å². The van der Waals surface area contributed by atoms with Gasteiger partial charge in [0, 0.05) is 31.4 Å². The summed E-state index contributed by atoms with van der Waals surface area (Å²) in [6, 6.07) is 7.52. The molecule has 2 heterocycles. The van der Waals surface area contributed by atoms with Gasteiger partial charge in [-0.15, -0.1) is 0 Å². The number of ether oxygens (including phenoxy) is 1. The molecule has 1 aromatic heterocycles. The molecule has 178 valence electrons. The van der Waals surface area contributed by atoms with Gasteiger partial charge in [-0.2, -0.15) is 0 Å². The molecule has 1 aliphatic heterocycles. The Kier molecular flexibility index (Phi) is 12.2. The molecule has 0 aliphatic carbocycles. The Bertz CT molecular complexity index is 776. The SMILES string of the molecule is CCC.CN.Cc1ccc(COC(=O)N2CCC(CNc3cnccn3)C(F)(F)C2)cc1. The molecule has 0 spiro atoms. The van der Waals surface area contributed by atoms with E-state index in [0.717, 1.165) is 16.0 Å². The van der Waals surface area contributed by atoms with Gasteiger partial charge in [0.15, 0.2) is 0 Å². The van der Waals surface area contributed by atoms with E-state index < -0.39 is 24.5 Å². The van der Waals surface area contributed by atoms with Crippen LogP contribution in [0.1, 0.15) is 37.8 Å². The van der Waals surface area contributed by atoms with Gasteiger partial charge in [-0.25, -0.2) is 18.6 Å². The average Bonchev–Trinajstić information content (AvgIpc) is 2.80. The van der Waals surface area contributed by atoms with Crippen molar-refractivity contribution in [1.82, 2.24) is 14.9 Å². The number of nitrogens with two attached hydrogens (primary N) is 1. The first kappa shape index (κ1) is 27.2. The highest BCUT2D eigenvalue weighted by atomic mass is 19.3. The van der Waals surface area contributed by atoms with Crippen LogP contribution in [0.2, 0.25) is 0 Å². The summed E-state index contributed by atoms with van der Waals surface area (Å²) in [4.78, 5) is 21.1. The molecule has 2 aromatic rings. The van der Waals surface area contributed by atoms with E-state index in [0.29, 0.717) is 5.82 Å². The average molecular weight is 452 g/mol. The predicted molar refractivity (Wildman–Crippen MR) is 123 cm³/mol. The summed E-state index contributed by atoms with van der Waals surface area (Å²) in [5, 5.41) is 2.88. The normalized spacial score (nSPS) is 16.6. The van der Waals surface area contributed by atoms with E-state index in [1.165, 1.54) is 32.1 Å². The summed E-state index contributed by atoms with van der Waals surface area (Å²) < 4.78 is 34.1. The number of hydrogen-bond acceptors (Lipinski definition) is 6. The largest absolute Gasteiger partial charge is 0.445 e. The minimum absolute atomic E-state index is 0.0674. The fourth-order valence-electron chi connectivity index (χ4n) is 2.93. The highest BCUT2D eigenvalue weighted by Crippen LogP contribution is 2.33. The van der Waals surface area contributed by atoms with Crippen molar-refractivity contribution in [3.05, 3.63) is 54.0 Å². The van der Waals surface area contributed by atoms with Gasteiger partial charge in [0.25, 0.3) is 5.92 Å². The van der Waals surface area contributed by atoms with E-state index >= 15 is 0 Å². The Morgan fingerprint density at radius 1 is 1.25 bits per heavy atom. The second kappa shape index (κ2) is 14.3. The first-order valence-electron chi connectivity index (χ1n) is 10.8. The molecule has 1 aromatic carbocycles. The minimum atomic E-state index is -3.00. The van der Waals surface area contributed by atoms with Crippen molar-refractivity contribution in [3.8, 4) is 0 Å². The van der Waals surface area contributed by atoms with Crippen LogP contribution in [-0.2, 0) is 11.3 Å². The van der Waals surface area contributed by atoms with Gasteiger partial charge in [0.1, 0.15) is 12.4 Å². The summed E-state index contributed by atoms with van der Waals surface area (Å²) in [6.07, 6.45) is 5.21. The molecule has 1 amide bonds. The van der Waals surface area contributed by atoms with Crippen LogP contribution in [0.3, 0.4) is 0 Å². The third-order valence-electron chi connectivity index (χ3n) is 4.58. The smallest absolute Gasteiger partial charge is 0.410 e. The predicted octanol–water partition coefficient (Wildman–Crippen LogP) is 4.48. The zero-order valence-electron chi connectivity index (χ0n) is 19.4. The summed E-state index contributed by atoms with van der Waals surface area (Å²) in [6.45, 7) is 5.93. The van der Waals surface area contributed by atoms with E-state index in [2.05, 4.69) is 34.9 Å². The highest BCUT2D eigenvalue weighted by molar-refractivity contribution is 5.68. The maximum absolute atomic E-state index is 14.5. The number of hydrogen-bond donors (Lipinski definition) is 2. The Labute approximate surface area is 189 Å². The number of benzene rings is 1.